The Balaban J connectivity index is 2.60. The molecule has 7 heteroatoms. The van der Waals surface area contributed by atoms with E-state index in [2.05, 4.69) is 4.98 Å². The molecule has 0 fully saturated rings. The minimum Gasteiger partial charge on any atom is -0.488 e. The second kappa shape index (κ2) is 7.73. The first-order valence-electron chi connectivity index (χ1n) is 5.94. The summed E-state index contributed by atoms with van der Waals surface area (Å²) in [5.41, 5.74) is 0.245. The van der Waals surface area contributed by atoms with Gasteiger partial charge in [0.25, 0.3) is 0 Å². The molecule has 1 heterocycles. The monoisotopic (exact) mass is 287 g/mol. The van der Waals surface area contributed by atoms with Crippen LogP contribution in [0.1, 0.15) is 25.5 Å². The van der Waals surface area contributed by atoms with E-state index in [1.165, 1.54) is 12.3 Å². The molecule has 0 saturated carbocycles. The van der Waals surface area contributed by atoms with Gasteiger partial charge in [-0.05, 0) is 6.42 Å². The Morgan fingerprint density at radius 1 is 1.53 bits per heavy atom. The van der Waals surface area contributed by atoms with Gasteiger partial charge in [-0.25, -0.2) is 0 Å². The van der Waals surface area contributed by atoms with Gasteiger partial charge >= 0.3 is 5.97 Å². The summed E-state index contributed by atoms with van der Waals surface area (Å²) in [4.78, 5) is 24.8. The van der Waals surface area contributed by atoms with Crippen LogP contribution in [0.5, 0.6) is 5.75 Å². The van der Waals surface area contributed by atoms with E-state index in [0.717, 1.165) is 6.42 Å². The van der Waals surface area contributed by atoms with Gasteiger partial charge in [0.05, 0.1) is 18.8 Å². The van der Waals surface area contributed by atoms with Crippen molar-refractivity contribution in [2.75, 3.05) is 12.4 Å². The van der Waals surface area contributed by atoms with Crippen molar-refractivity contribution in [3.05, 3.63) is 28.2 Å². The van der Waals surface area contributed by atoms with Gasteiger partial charge in [-0.2, -0.15) is 0 Å². The lowest BCUT2D eigenvalue weighted by Gasteiger charge is -2.05. The molecule has 1 aromatic heterocycles. The molecule has 0 aromatic carbocycles. The average Bonchev–Trinajstić information content (AvgIpc) is 2.35. The van der Waals surface area contributed by atoms with Crippen LogP contribution in [0, 0.1) is 0 Å². The molecule has 1 aromatic rings. The second-order valence-corrected chi connectivity index (χ2v) is 5.54. The summed E-state index contributed by atoms with van der Waals surface area (Å²) < 4.78 is 16.8. The maximum atomic E-state index is 11.7. The number of H-pyrrole nitrogens is 1. The molecule has 1 atom stereocenters. The van der Waals surface area contributed by atoms with E-state index in [1.54, 1.807) is 0 Å². The Hall–Kier alpha value is -1.63. The summed E-state index contributed by atoms with van der Waals surface area (Å²) in [6.07, 6.45) is 2.11. The number of aromatic amines is 1. The summed E-state index contributed by atoms with van der Waals surface area (Å²) in [6.45, 7) is 2.40. The van der Waals surface area contributed by atoms with E-state index in [1.807, 2.05) is 6.92 Å². The molecule has 0 saturated heterocycles. The highest BCUT2D eigenvalue weighted by molar-refractivity contribution is 7.84. The number of aliphatic carboxylic acids is 1. The largest absolute Gasteiger partial charge is 0.488 e. The van der Waals surface area contributed by atoms with Crippen LogP contribution >= 0.6 is 0 Å². The molecule has 0 bridgehead atoms. The standard InChI is InChI=1S/C12H17NO5S/c1-2-4-18-11-7-13-9(6-10(11)14)8-19(17)5-3-12(15)16/h6-7H,2-5,8H2,1H3,(H,13,14)(H,15,16). The second-order valence-electron chi connectivity index (χ2n) is 3.97. The van der Waals surface area contributed by atoms with Gasteiger partial charge in [0, 0.05) is 34.5 Å². The van der Waals surface area contributed by atoms with Crippen LogP contribution in [0.25, 0.3) is 0 Å². The summed E-state index contributed by atoms with van der Waals surface area (Å²) >= 11 is 0. The van der Waals surface area contributed by atoms with Gasteiger partial charge < -0.3 is 14.8 Å². The number of carboxylic acid groups (broad SMARTS) is 1. The first-order valence-corrected chi connectivity index (χ1v) is 7.43. The Bertz CT molecular complexity index is 511. The zero-order chi connectivity index (χ0) is 14.3. The zero-order valence-electron chi connectivity index (χ0n) is 10.7. The van der Waals surface area contributed by atoms with E-state index >= 15 is 0 Å². The van der Waals surface area contributed by atoms with Crippen LogP contribution in [-0.4, -0.2) is 32.6 Å². The van der Waals surface area contributed by atoms with Gasteiger partial charge in [0.2, 0.25) is 5.43 Å². The number of pyridine rings is 1. The number of hydrogen-bond acceptors (Lipinski definition) is 4. The fourth-order valence-electron chi connectivity index (χ4n) is 1.36. The molecule has 1 rings (SSSR count). The number of rotatable bonds is 8. The molecule has 2 N–H and O–H groups in total. The maximum Gasteiger partial charge on any atom is 0.304 e. The molecule has 1 unspecified atom stereocenters. The summed E-state index contributed by atoms with van der Waals surface area (Å²) in [5, 5.41) is 8.48. The molecular weight excluding hydrogens is 270 g/mol. The van der Waals surface area contributed by atoms with Crippen molar-refractivity contribution in [3.8, 4) is 5.75 Å². The van der Waals surface area contributed by atoms with Crippen LogP contribution in [-0.2, 0) is 21.3 Å². The minimum absolute atomic E-state index is 0.0749. The van der Waals surface area contributed by atoms with Gasteiger partial charge in [0.1, 0.15) is 0 Å². The summed E-state index contributed by atoms with van der Waals surface area (Å²) in [7, 11) is -1.30. The lowest BCUT2D eigenvalue weighted by molar-refractivity contribution is -0.136. The average molecular weight is 287 g/mol. The van der Waals surface area contributed by atoms with Crippen LogP contribution < -0.4 is 10.2 Å². The zero-order valence-corrected chi connectivity index (χ0v) is 11.5. The molecule has 106 valence electrons. The smallest absolute Gasteiger partial charge is 0.304 e. The van der Waals surface area contributed by atoms with E-state index in [4.69, 9.17) is 9.84 Å². The fourth-order valence-corrected chi connectivity index (χ4v) is 2.42. The van der Waals surface area contributed by atoms with Crippen molar-refractivity contribution in [1.29, 1.82) is 0 Å². The van der Waals surface area contributed by atoms with Gasteiger partial charge in [-0.1, -0.05) is 6.92 Å². The Morgan fingerprint density at radius 3 is 2.84 bits per heavy atom. The van der Waals surface area contributed by atoms with E-state index in [-0.39, 0.29) is 29.1 Å². The molecule has 0 aliphatic heterocycles. The molecule has 0 aliphatic carbocycles. The van der Waals surface area contributed by atoms with Crippen LogP contribution in [0.4, 0.5) is 0 Å². The van der Waals surface area contributed by atoms with Gasteiger partial charge in [-0.3, -0.25) is 13.8 Å². The summed E-state index contributed by atoms with van der Waals surface area (Å²) in [6, 6.07) is 1.34. The SMILES string of the molecule is CCCOc1c[nH]c(CS(=O)CCC(=O)O)cc1=O. The first kappa shape index (κ1) is 15.4. The van der Waals surface area contributed by atoms with E-state index in [0.29, 0.717) is 12.3 Å². The number of carboxylic acids is 1. The lowest BCUT2D eigenvalue weighted by atomic mass is 10.3. The predicted octanol–water partition coefficient (Wildman–Crippen LogP) is 0.887. The summed E-state index contributed by atoms with van der Waals surface area (Å²) in [5.74, 6) is -0.533. The van der Waals surface area contributed by atoms with Crippen LogP contribution in [0.3, 0.4) is 0 Å². The van der Waals surface area contributed by atoms with Crippen LogP contribution in [0.15, 0.2) is 17.1 Å². The maximum absolute atomic E-state index is 11.7. The Labute approximate surface area is 113 Å². The molecule has 0 aliphatic rings. The van der Waals surface area contributed by atoms with E-state index < -0.39 is 16.8 Å². The number of hydrogen-bond donors (Lipinski definition) is 2. The lowest BCUT2D eigenvalue weighted by Crippen LogP contribution is -2.12. The Morgan fingerprint density at radius 2 is 2.26 bits per heavy atom. The third kappa shape index (κ3) is 5.69. The quantitative estimate of drug-likeness (QED) is 0.740. The fraction of sp³-hybridized carbons (Fsp3) is 0.500. The third-order valence-corrected chi connectivity index (χ3v) is 3.55. The number of nitrogens with one attached hydrogen (secondary N) is 1. The number of aromatic nitrogens is 1. The molecular formula is C12H17NO5S. The highest BCUT2D eigenvalue weighted by Gasteiger charge is 2.08. The van der Waals surface area contributed by atoms with Crippen molar-refractivity contribution in [1.82, 2.24) is 4.98 Å². The van der Waals surface area contributed by atoms with Crippen molar-refractivity contribution in [3.63, 3.8) is 0 Å². The molecule has 0 amide bonds. The molecule has 0 radical (unpaired) electrons. The normalized spacial score (nSPS) is 12.1. The van der Waals surface area contributed by atoms with Crippen molar-refractivity contribution >= 4 is 16.8 Å². The Kier molecular flexibility index (Phi) is 6.27. The van der Waals surface area contributed by atoms with Gasteiger partial charge in [-0.15, -0.1) is 0 Å². The minimum atomic E-state index is -1.30. The van der Waals surface area contributed by atoms with Crippen LogP contribution in [0.2, 0.25) is 0 Å². The molecule has 19 heavy (non-hydrogen) atoms. The van der Waals surface area contributed by atoms with Crippen molar-refractivity contribution < 1.29 is 18.8 Å². The first-order chi connectivity index (χ1) is 9.02. The predicted molar refractivity (Wildman–Crippen MR) is 71.8 cm³/mol. The van der Waals surface area contributed by atoms with Crippen molar-refractivity contribution in [2.24, 2.45) is 0 Å². The highest BCUT2D eigenvalue weighted by Crippen LogP contribution is 2.05. The molecule has 6 nitrogen and oxygen atoms in total. The third-order valence-electron chi connectivity index (χ3n) is 2.26. The number of ether oxygens (including phenoxy) is 1. The molecule has 0 spiro atoms. The topological polar surface area (TPSA) is 96.5 Å². The number of carbonyl (C=O) groups is 1. The van der Waals surface area contributed by atoms with Crippen molar-refractivity contribution in [2.45, 2.75) is 25.5 Å². The highest BCUT2D eigenvalue weighted by atomic mass is 32.2. The van der Waals surface area contributed by atoms with E-state index in [9.17, 15) is 13.8 Å². The van der Waals surface area contributed by atoms with Gasteiger partial charge in [0.15, 0.2) is 5.75 Å².